The highest BCUT2D eigenvalue weighted by Crippen LogP contribution is 2.36. The number of hydrogen-bond acceptors (Lipinski definition) is 3. The van der Waals surface area contributed by atoms with Gasteiger partial charge in [0.25, 0.3) is 11.8 Å². The summed E-state index contributed by atoms with van der Waals surface area (Å²) in [5.41, 5.74) is 2.23. The Hall–Kier alpha value is -2.96. The second-order valence-corrected chi connectivity index (χ2v) is 10.6. The van der Waals surface area contributed by atoms with Gasteiger partial charge in [-0.2, -0.15) is 0 Å². The highest BCUT2D eigenvalue weighted by molar-refractivity contribution is 7.85. The molecule has 5 rings (SSSR count). The molecule has 1 heterocycles. The van der Waals surface area contributed by atoms with E-state index in [-0.39, 0.29) is 24.4 Å². The van der Waals surface area contributed by atoms with Gasteiger partial charge in [-0.15, -0.1) is 0 Å². The molecule has 1 atom stereocenters. The van der Waals surface area contributed by atoms with Crippen molar-refractivity contribution >= 4 is 39.9 Å². The van der Waals surface area contributed by atoms with Gasteiger partial charge in [-0.25, -0.2) is 4.21 Å². The molecule has 1 aliphatic carbocycles. The number of carbonyl (C=O) groups is 2. The van der Waals surface area contributed by atoms with Crippen LogP contribution in [-0.2, 0) is 17.3 Å². The fourth-order valence-electron chi connectivity index (χ4n) is 4.65. The number of fused-ring (bicyclic) bond motifs is 2. The van der Waals surface area contributed by atoms with Crippen molar-refractivity contribution in [1.29, 1.82) is 0 Å². The van der Waals surface area contributed by atoms with Crippen LogP contribution >= 0.6 is 11.6 Å². The molecule has 0 bridgehead atoms. The summed E-state index contributed by atoms with van der Waals surface area (Å²) < 4.78 is 13.5. The Morgan fingerprint density at radius 1 is 0.971 bits per heavy atom. The number of nitrogens with zero attached hydrogens (tertiary/aromatic N) is 1. The van der Waals surface area contributed by atoms with Crippen LogP contribution in [0.2, 0.25) is 5.02 Å². The zero-order valence-electron chi connectivity index (χ0n) is 18.6. The van der Waals surface area contributed by atoms with Gasteiger partial charge in [0, 0.05) is 16.6 Å². The van der Waals surface area contributed by atoms with Crippen LogP contribution in [-0.4, -0.2) is 22.1 Å². The van der Waals surface area contributed by atoms with Crippen molar-refractivity contribution in [2.75, 3.05) is 4.90 Å². The smallest absolute Gasteiger partial charge is 0.259 e. The Bertz CT molecular complexity index is 1270. The molecule has 2 amide bonds. The van der Waals surface area contributed by atoms with E-state index in [4.69, 9.17) is 11.6 Å². The van der Waals surface area contributed by atoms with Gasteiger partial charge in [-0.3, -0.25) is 9.59 Å². The van der Waals surface area contributed by atoms with Gasteiger partial charge < -0.3 is 10.2 Å². The minimum absolute atomic E-state index is 0.166. The van der Waals surface area contributed by atoms with Crippen LogP contribution in [0.5, 0.6) is 0 Å². The molecular weight excluding hydrogens is 468 g/mol. The molecule has 0 aromatic heterocycles. The summed E-state index contributed by atoms with van der Waals surface area (Å²) in [6.45, 7) is 0.266. The molecule has 5 nitrogen and oxygen atoms in total. The first-order chi connectivity index (χ1) is 16.5. The topological polar surface area (TPSA) is 66.5 Å². The number of anilines is 1. The Labute approximate surface area is 206 Å². The summed E-state index contributed by atoms with van der Waals surface area (Å²) in [6, 6.07) is 19.6. The minimum Gasteiger partial charge on any atom is -0.349 e. The number of hydrogen-bond donors (Lipinski definition) is 1. The van der Waals surface area contributed by atoms with Gasteiger partial charge in [0.15, 0.2) is 0 Å². The standard InChI is InChI=1S/C27H25ClN2O3S/c28-20-13-10-18(11-14-20)17-30-23-16-19(26(31)29-21-6-2-1-3-7-21)12-15-25(23)34(33)24-9-5-4-8-22(24)27(30)32/h4-5,8-16,21H,1-3,6-7,17H2,(H,29,31)/t34-/m0/s1. The highest BCUT2D eigenvalue weighted by atomic mass is 35.5. The van der Waals surface area contributed by atoms with E-state index in [1.807, 2.05) is 12.1 Å². The maximum Gasteiger partial charge on any atom is 0.259 e. The molecule has 0 spiro atoms. The largest absolute Gasteiger partial charge is 0.349 e. The molecule has 0 saturated heterocycles. The Kier molecular flexibility index (Phi) is 6.53. The number of amides is 2. The number of benzene rings is 3. The van der Waals surface area contributed by atoms with E-state index >= 15 is 0 Å². The summed E-state index contributed by atoms with van der Waals surface area (Å²) in [7, 11) is -1.55. The highest BCUT2D eigenvalue weighted by Gasteiger charge is 2.31. The average Bonchev–Trinajstić information content (AvgIpc) is 2.95. The monoisotopic (exact) mass is 492 g/mol. The SMILES string of the molecule is O=C(NC1CCCCC1)c1ccc2c(c1)N(Cc1ccc(Cl)cc1)C(=O)c1ccccc1[S@@]2=O. The molecule has 7 heteroatoms. The maximum absolute atomic E-state index is 13.7. The number of halogens is 1. The van der Waals surface area contributed by atoms with Gasteiger partial charge in [0.1, 0.15) is 0 Å². The van der Waals surface area contributed by atoms with Crippen LogP contribution in [0.15, 0.2) is 76.5 Å². The summed E-state index contributed by atoms with van der Waals surface area (Å²) in [4.78, 5) is 29.3. The zero-order valence-corrected chi connectivity index (χ0v) is 20.2. The second kappa shape index (κ2) is 9.72. The van der Waals surface area contributed by atoms with E-state index < -0.39 is 10.8 Å². The third kappa shape index (κ3) is 4.52. The van der Waals surface area contributed by atoms with Crippen molar-refractivity contribution in [3.8, 4) is 0 Å². The van der Waals surface area contributed by atoms with Crippen molar-refractivity contribution in [3.05, 3.63) is 88.4 Å². The predicted molar refractivity (Wildman–Crippen MR) is 134 cm³/mol. The first-order valence-corrected chi connectivity index (χ1v) is 13.1. The minimum atomic E-state index is -1.55. The quantitative estimate of drug-likeness (QED) is 0.505. The molecule has 1 saturated carbocycles. The number of rotatable bonds is 4. The van der Waals surface area contributed by atoms with E-state index in [1.54, 1.807) is 59.5 Å². The van der Waals surface area contributed by atoms with Crippen LogP contribution in [0.4, 0.5) is 5.69 Å². The maximum atomic E-state index is 13.7. The lowest BCUT2D eigenvalue weighted by atomic mass is 9.95. The third-order valence-corrected chi connectivity index (χ3v) is 8.22. The van der Waals surface area contributed by atoms with Crippen LogP contribution in [0, 0.1) is 0 Å². The van der Waals surface area contributed by atoms with Crippen molar-refractivity contribution in [2.24, 2.45) is 0 Å². The molecule has 0 unspecified atom stereocenters. The fourth-order valence-corrected chi connectivity index (χ4v) is 6.12. The van der Waals surface area contributed by atoms with Gasteiger partial charge >= 0.3 is 0 Å². The summed E-state index contributed by atoms with van der Waals surface area (Å²) in [5, 5.41) is 3.75. The first kappa shape index (κ1) is 22.8. The van der Waals surface area contributed by atoms with Gasteiger partial charge in [0.2, 0.25) is 0 Å². The Morgan fingerprint density at radius 3 is 2.47 bits per heavy atom. The molecule has 3 aromatic carbocycles. The average molecular weight is 493 g/mol. The van der Waals surface area contributed by atoms with E-state index in [1.165, 1.54) is 6.42 Å². The van der Waals surface area contributed by atoms with Gasteiger partial charge in [-0.1, -0.05) is 55.1 Å². The van der Waals surface area contributed by atoms with Crippen LogP contribution in [0.1, 0.15) is 58.4 Å². The Morgan fingerprint density at radius 2 is 1.71 bits per heavy atom. The lowest BCUT2D eigenvalue weighted by Crippen LogP contribution is -2.36. The first-order valence-electron chi connectivity index (χ1n) is 11.5. The van der Waals surface area contributed by atoms with Crippen molar-refractivity contribution in [2.45, 2.75) is 54.5 Å². The van der Waals surface area contributed by atoms with E-state index in [0.29, 0.717) is 31.6 Å². The molecule has 1 aliphatic heterocycles. The summed E-state index contributed by atoms with van der Waals surface area (Å²) in [6.07, 6.45) is 5.42. The fraction of sp³-hybridized carbons (Fsp3) is 0.259. The van der Waals surface area contributed by atoms with Crippen molar-refractivity contribution in [3.63, 3.8) is 0 Å². The van der Waals surface area contributed by atoms with E-state index in [0.717, 1.165) is 31.2 Å². The van der Waals surface area contributed by atoms with Gasteiger partial charge in [-0.05, 0) is 60.9 Å². The molecule has 1 fully saturated rings. The summed E-state index contributed by atoms with van der Waals surface area (Å²) in [5.74, 6) is -0.413. The van der Waals surface area contributed by atoms with Crippen LogP contribution in [0.25, 0.3) is 0 Å². The van der Waals surface area contributed by atoms with E-state index in [9.17, 15) is 13.8 Å². The molecule has 0 radical (unpaired) electrons. The molecule has 1 N–H and O–H groups in total. The lowest BCUT2D eigenvalue weighted by molar-refractivity contribution is 0.0925. The Balaban J connectivity index is 1.56. The third-order valence-electron chi connectivity index (χ3n) is 6.47. The molecule has 3 aromatic rings. The normalized spacial score (nSPS) is 18.1. The zero-order chi connectivity index (χ0) is 23.7. The van der Waals surface area contributed by atoms with Crippen LogP contribution in [0.3, 0.4) is 0 Å². The lowest BCUT2D eigenvalue weighted by Gasteiger charge is -2.25. The predicted octanol–water partition coefficient (Wildman–Crippen LogP) is 5.73. The van der Waals surface area contributed by atoms with Crippen LogP contribution < -0.4 is 10.2 Å². The van der Waals surface area contributed by atoms with Gasteiger partial charge in [0.05, 0.1) is 38.4 Å². The van der Waals surface area contributed by atoms with E-state index in [2.05, 4.69) is 5.32 Å². The second-order valence-electron chi connectivity index (χ2n) is 8.77. The number of carbonyl (C=O) groups excluding carboxylic acids is 2. The molecule has 174 valence electrons. The molecule has 2 aliphatic rings. The number of nitrogens with one attached hydrogen (secondary N) is 1. The van der Waals surface area contributed by atoms with Crippen molar-refractivity contribution < 1.29 is 13.8 Å². The summed E-state index contributed by atoms with van der Waals surface area (Å²) >= 11 is 6.05. The molecule has 34 heavy (non-hydrogen) atoms. The molecular formula is C27H25ClN2O3S. The van der Waals surface area contributed by atoms with Crippen molar-refractivity contribution in [1.82, 2.24) is 5.32 Å².